The molecule has 2 aliphatic rings. The van der Waals surface area contributed by atoms with Gasteiger partial charge in [-0.15, -0.1) is 0 Å². The van der Waals surface area contributed by atoms with Crippen LogP contribution in [0.1, 0.15) is 24.2 Å². The highest BCUT2D eigenvalue weighted by atomic mass is 16.5. The number of amides is 1. The molecule has 5 heteroatoms. The zero-order valence-electron chi connectivity index (χ0n) is 13.2. The van der Waals surface area contributed by atoms with Gasteiger partial charge in [0.05, 0.1) is 25.8 Å². The van der Waals surface area contributed by atoms with E-state index in [1.54, 1.807) is 0 Å². The van der Waals surface area contributed by atoms with Crippen molar-refractivity contribution in [2.24, 2.45) is 0 Å². The molecule has 0 spiro atoms. The molecule has 0 aliphatic carbocycles. The summed E-state index contributed by atoms with van der Waals surface area (Å²) in [5.74, 6) is 0.0709. The van der Waals surface area contributed by atoms with Crippen LogP contribution in [0.25, 0.3) is 0 Å². The Bertz CT molecular complexity index is 528. The summed E-state index contributed by atoms with van der Waals surface area (Å²) in [7, 11) is 0. The van der Waals surface area contributed by atoms with Crippen molar-refractivity contribution in [2.45, 2.75) is 32.1 Å². The number of nitrogens with one attached hydrogen (secondary N) is 1. The topological polar surface area (TPSA) is 50.8 Å². The summed E-state index contributed by atoms with van der Waals surface area (Å²) in [5.41, 5.74) is 2.36. The van der Waals surface area contributed by atoms with Crippen LogP contribution in [0.3, 0.4) is 0 Å². The second-order valence-electron chi connectivity index (χ2n) is 6.08. The highest BCUT2D eigenvalue weighted by Crippen LogP contribution is 2.27. The third-order valence-corrected chi connectivity index (χ3v) is 4.45. The first-order chi connectivity index (χ1) is 10.7. The molecular weight excluding hydrogens is 280 g/mol. The van der Waals surface area contributed by atoms with E-state index in [1.165, 1.54) is 5.56 Å². The molecule has 0 saturated carbocycles. The minimum absolute atomic E-state index is 0.0575. The average Bonchev–Trinajstić information content (AvgIpc) is 2.56. The van der Waals surface area contributed by atoms with Crippen molar-refractivity contribution < 1.29 is 14.3 Å². The van der Waals surface area contributed by atoms with Crippen molar-refractivity contribution in [1.29, 1.82) is 0 Å². The Kier molecular flexibility index (Phi) is 4.76. The third kappa shape index (κ3) is 3.16. The van der Waals surface area contributed by atoms with Crippen molar-refractivity contribution in [2.75, 3.05) is 32.8 Å². The van der Waals surface area contributed by atoms with Gasteiger partial charge in [0, 0.05) is 13.1 Å². The Balaban J connectivity index is 1.73. The first-order valence-electron chi connectivity index (χ1n) is 7.96. The van der Waals surface area contributed by atoms with E-state index >= 15 is 0 Å². The highest BCUT2D eigenvalue weighted by molar-refractivity contribution is 5.81. The summed E-state index contributed by atoms with van der Waals surface area (Å²) in [6.45, 7) is 7.26. The molecular formula is C17H24N2O3. The Hall–Kier alpha value is -1.43. The number of nitrogens with zero attached hydrogens (tertiary/aromatic N) is 1. The zero-order chi connectivity index (χ0) is 15.5. The zero-order valence-corrected chi connectivity index (χ0v) is 13.2. The Morgan fingerprint density at radius 3 is 2.86 bits per heavy atom. The number of benzene rings is 1. The molecule has 3 rings (SSSR count). The van der Waals surface area contributed by atoms with Crippen LogP contribution in [0.5, 0.6) is 0 Å². The Morgan fingerprint density at radius 1 is 1.32 bits per heavy atom. The van der Waals surface area contributed by atoms with E-state index in [2.05, 4.69) is 24.4 Å². The number of hydrogen-bond acceptors (Lipinski definition) is 4. The van der Waals surface area contributed by atoms with Crippen LogP contribution in [0, 0.1) is 6.92 Å². The normalized spacial score (nSPS) is 29.4. The number of ether oxygens (including phenoxy) is 2. The van der Waals surface area contributed by atoms with E-state index in [1.807, 2.05) is 24.0 Å². The van der Waals surface area contributed by atoms with Crippen molar-refractivity contribution >= 4 is 5.91 Å². The lowest BCUT2D eigenvalue weighted by Gasteiger charge is -2.40. The van der Waals surface area contributed by atoms with Crippen LogP contribution in [0.2, 0.25) is 0 Å². The number of carbonyl (C=O) groups is 1. The molecule has 1 N–H and O–H groups in total. The maximum Gasteiger partial charge on any atom is 0.253 e. The van der Waals surface area contributed by atoms with Crippen LogP contribution < -0.4 is 5.32 Å². The van der Waals surface area contributed by atoms with Gasteiger partial charge in [0.1, 0.15) is 12.2 Å². The van der Waals surface area contributed by atoms with Gasteiger partial charge in [0.15, 0.2) is 0 Å². The lowest BCUT2D eigenvalue weighted by Crippen LogP contribution is -2.55. The maximum absolute atomic E-state index is 12.7. The van der Waals surface area contributed by atoms with Gasteiger partial charge < -0.3 is 19.7 Å². The number of morpholine rings is 2. The Morgan fingerprint density at radius 2 is 2.14 bits per heavy atom. The predicted octanol–water partition coefficient (Wildman–Crippen LogP) is 1.27. The van der Waals surface area contributed by atoms with Crippen LogP contribution >= 0.6 is 0 Å². The number of hydrogen-bond donors (Lipinski definition) is 1. The van der Waals surface area contributed by atoms with E-state index in [9.17, 15) is 4.79 Å². The lowest BCUT2D eigenvalue weighted by molar-refractivity contribution is -0.158. The summed E-state index contributed by atoms with van der Waals surface area (Å²) in [4.78, 5) is 14.6. The first-order valence-corrected chi connectivity index (χ1v) is 7.96. The smallest absolute Gasteiger partial charge is 0.253 e. The van der Waals surface area contributed by atoms with Gasteiger partial charge >= 0.3 is 0 Å². The summed E-state index contributed by atoms with van der Waals surface area (Å²) < 4.78 is 11.6. The van der Waals surface area contributed by atoms with Gasteiger partial charge in [0.25, 0.3) is 5.91 Å². The molecule has 1 aromatic carbocycles. The van der Waals surface area contributed by atoms with E-state index < -0.39 is 0 Å². The molecule has 0 aromatic heterocycles. The molecule has 2 saturated heterocycles. The van der Waals surface area contributed by atoms with Crippen molar-refractivity contribution in [3.63, 3.8) is 0 Å². The number of aryl methyl sites for hydroxylation is 1. The molecule has 2 aliphatic heterocycles. The lowest BCUT2D eigenvalue weighted by atomic mass is 10.0. The third-order valence-electron chi connectivity index (χ3n) is 4.45. The molecule has 2 heterocycles. The monoisotopic (exact) mass is 304 g/mol. The molecule has 3 atom stereocenters. The molecule has 0 unspecified atom stereocenters. The Labute approximate surface area is 131 Å². The number of rotatable bonds is 2. The highest BCUT2D eigenvalue weighted by Gasteiger charge is 2.35. The predicted molar refractivity (Wildman–Crippen MR) is 83.7 cm³/mol. The van der Waals surface area contributed by atoms with Gasteiger partial charge in [-0.1, -0.05) is 24.3 Å². The van der Waals surface area contributed by atoms with Crippen molar-refractivity contribution in [1.82, 2.24) is 10.2 Å². The SMILES string of the molecule is Cc1ccccc1[C@@H]1CN(C(=O)[C@@H]2CNCCO2)[C@H](C)CO1. The standard InChI is InChI=1S/C17H24N2O3/c1-12-5-3-4-6-14(12)16-10-19(13(2)11-22-16)17(20)15-9-18-7-8-21-15/h3-6,13,15-16,18H,7-11H2,1-2H3/t13-,15+,16+/m1/s1. The molecule has 22 heavy (non-hydrogen) atoms. The fourth-order valence-electron chi connectivity index (χ4n) is 3.11. The van der Waals surface area contributed by atoms with E-state index in [-0.39, 0.29) is 24.2 Å². The van der Waals surface area contributed by atoms with Gasteiger partial charge in [-0.25, -0.2) is 0 Å². The summed E-state index contributed by atoms with van der Waals surface area (Å²) in [5, 5.41) is 3.22. The van der Waals surface area contributed by atoms with Gasteiger partial charge in [-0.3, -0.25) is 4.79 Å². The van der Waals surface area contributed by atoms with E-state index in [0.29, 0.717) is 26.3 Å². The molecule has 2 fully saturated rings. The molecule has 5 nitrogen and oxygen atoms in total. The van der Waals surface area contributed by atoms with Crippen LogP contribution in [0.15, 0.2) is 24.3 Å². The second kappa shape index (κ2) is 6.77. The molecule has 120 valence electrons. The summed E-state index contributed by atoms with van der Waals surface area (Å²) >= 11 is 0. The van der Waals surface area contributed by atoms with E-state index in [4.69, 9.17) is 9.47 Å². The molecule has 1 aromatic rings. The quantitative estimate of drug-likeness (QED) is 0.894. The molecule has 1 amide bonds. The molecule has 0 radical (unpaired) electrons. The van der Waals surface area contributed by atoms with Crippen molar-refractivity contribution in [3.05, 3.63) is 35.4 Å². The first kappa shape index (κ1) is 15.5. The van der Waals surface area contributed by atoms with Gasteiger partial charge in [0.2, 0.25) is 0 Å². The maximum atomic E-state index is 12.7. The van der Waals surface area contributed by atoms with Gasteiger partial charge in [-0.2, -0.15) is 0 Å². The van der Waals surface area contributed by atoms with Crippen molar-refractivity contribution in [3.8, 4) is 0 Å². The minimum atomic E-state index is -0.369. The largest absolute Gasteiger partial charge is 0.370 e. The molecule has 0 bridgehead atoms. The van der Waals surface area contributed by atoms with Crippen LogP contribution in [0.4, 0.5) is 0 Å². The second-order valence-corrected chi connectivity index (χ2v) is 6.08. The number of carbonyl (C=O) groups excluding carboxylic acids is 1. The average molecular weight is 304 g/mol. The minimum Gasteiger partial charge on any atom is -0.370 e. The summed E-state index contributed by atoms with van der Waals surface area (Å²) in [6.07, 6.45) is -0.426. The fraction of sp³-hybridized carbons (Fsp3) is 0.588. The fourth-order valence-corrected chi connectivity index (χ4v) is 3.11. The summed E-state index contributed by atoms with van der Waals surface area (Å²) in [6, 6.07) is 8.28. The van der Waals surface area contributed by atoms with E-state index in [0.717, 1.165) is 12.1 Å². The van der Waals surface area contributed by atoms with Gasteiger partial charge in [-0.05, 0) is 25.0 Å². The van der Waals surface area contributed by atoms with Crippen LogP contribution in [-0.4, -0.2) is 55.8 Å². The van der Waals surface area contributed by atoms with Crippen LogP contribution in [-0.2, 0) is 14.3 Å².